The molecule has 5 heteroatoms. The number of fused-ring (bicyclic) bond motifs is 3. The van der Waals surface area contributed by atoms with Crippen LogP contribution >= 0.6 is 0 Å². The third-order valence-electron chi connectivity index (χ3n) is 8.60. The van der Waals surface area contributed by atoms with Crippen LogP contribution in [-0.2, 0) is 9.59 Å². The molecule has 4 fully saturated rings. The third-order valence-corrected chi connectivity index (χ3v) is 8.60. The van der Waals surface area contributed by atoms with Crippen molar-refractivity contribution in [1.29, 1.82) is 0 Å². The van der Waals surface area contributed by atoms with Crippen LogP contribution in [0, 0.1) is 28.1 Å². The molecule has 2 bridgehead atoms. The Bertz CT molecular complexity index is 686. The third kappa shape index (κ3) is 1.67. The average Bonchev–Trinajstić information content (AvgIpc) is 2.73. The van der Waals surface area contributed by atoms with E-state index in [1.54, 1.807) is 6.92 Å². The van der Waals surface area contributed by atoms with Crippen molar-refractivity contribution in [2.45, 2.75) is 70.5 Å². The smallest absolute Gasteiger partial charge is 0.309 e. The van der Waals surface area contributed by atoms with Gasteiger partial charge in [0.25, 0.3) is 0 Å². The number of hydrogen-bond acceptors (Lipinski definition) is 4. The average molecular weight is 348 g/mol. The summed E-state index contributed by atoms with van der Waals surface area (Å²) in [5, 5.41) is 32.9. The van der Waals surface area contributed by atoms with Crippen molar-refractivity contribution in [1.82, 2.24) is 0 Å². The van der Waals surface area contributed by atoms with Gasteiger partial charge in [0.15, 0.2) is 5.78 Å². The van der Waals surface area contributed by atoms with E-state index in [1.165, 1.54) is 0 Å². The molecular formula is C20H28O5. The quantitative estimate of drug-likeness (QED) is 0.632. The number of carbonyl (C=O) groups is 2. The lowest BCUT2D eigenvalue weighted by Crippen LogP contribution is -2.73. The van der Waals surface area contributed by atoms with E-state index in [0.29, 0.717) is 44.1 Å². The summed E-state index contributed by atoms with van der Waals surface area (Å²) in [5.41, 5.74) is -3.55. The van der Waals surface area contributed by atoms with Crippen molar-refractivity contribution in [2.75, 3.05) is 0 Å². The number of Topliss-reactive ketones (excluding diaryl/α,β-unsaturated/α-hetero) is 1. The van der Waals surface area contributed by atoms with E-state index in [2.05, 4.69) is 6.58 Å². The van der Waals surface area contributed by atoms with Crippen LogP contribution in [0.15, 0.2) is 12.2 Å². The lowest BCUT2D eigenvalue weighted by Gasteiger charge is -2.67. The minimum Gasteiger partial charge on any atom is -0.481 e. The van der Waals surface area contributed by atoms with Crippen molar-refractivity contribution in [3.05, 3.63) is 12.2 Å². The van der Waals surface area contributed by atoms with E-state index >= 15 is 0 Å². The molecule has 0 aromatic rings. The molecule has 138 valence electrons. The second-order valence-electron chi connectivity index (χ2n) is 9.48. The van der Waals surface area contributed by atoms with Gasteiger partial charge in [-0.3, -0.25) is 9.59 Å². The molecule has 0 radical (unpaired) electrons. The number of ketones is 1. The molecule has 0 saturated heterocycles. The predicted octanol–water partition coefficient (Wildman–Crippen LogP) is 2.30. The molecule has 5 nitrogen and oxygen atoms in total. The standard InChI is InChI=1S/C20H28O5/c1-11-12-5-8-20(25)18(3)7-4-6-17(2,16(23)24)14(18)13(21)10-19(20,9-12)15(11)22/h12-14,21,25H,1,4-10H2,2-3H3,(H,23,24)/t12?,13-,14-,17-,18-,19-,20-/m1/s1. The Kier molecular flexibility index (Phi) is 3.27. The molecule has 4 aliphatic rings. The molecule has 3 N–H and O–H groups in total. The molecular weight excluding hydrogens is 320 g/mol. The first-order valence-corrected chi connectivity index (χ1v) is 9.41. The zero-order valence-corrected chi connectivity index (χ0v) is 15.0. The summed E-state index contributed by atoms with van der Waals surface area (Å²) in [5.74, 6) is -1.48. The summed E-state index contributed by atoms with van der Waals surface area (Å²) in [7, 11) is 0. The van der Waals surface area contributed by atoms with Crippen molar-refractivity contribution in [3.63, 3.8) is 0 Å². The first-order valence-electron chi connectivity index (χ1n) is 9.41. The number of aliphatic hydroxyl groups excluding tert-OH is 1. The van der Waals surface area contributed by atoms with E-state index in [1.807, 2.05) is 6.92 Å². The number of aliphatic hydroxyl groups is 2. The zero-order valence-electron chi connectivity index (χ0n) is 15.0. The Labute approximate surface area is 148 Å². The van der Waals surface area contributed by atoms with E-state index in [4.69, 9.17) is 0 Å². The van der Waals surface area contributed by atoms with Crippen LogP contribution in [0.25, 0.3) is 0 Å². The molecule has 0 heterocycles. The van der Waals surface area contributed by atoms with Gasteiger partial charge in [0.1, 0.15) is 0 Å². The van der Waals surface area contributed by atoms with Gasteiger partial charge in [-0.2, -0.15) is 0 Å². The molecule has 1 unspecified atom stereocenters. The molecule has 0 aromatic carbocycles. The Morgan fingerprint density at radius 3 is 2.52 bits per heavy atom. The van der Waals surface area contributed by atoms with Gasteiger partial charge in [0.2, 0.25) is 0 Å². The maximum Gasteiger partial charge on any atom is 0.309 e. The number of allylic oxidation sites excluding steroid dienone is 1. The molecule has 25 heavy (non-hydrogen) atoms. The Morgan fingerprint density at radius 2 is 1.88 bits per heavy atom. The van der Waals surface area contributed by atoms with Gasteiger partial charge < -0.3 is 15.3 Å². The molecule has 0 aromatic heterocycles. The van der Waals surface area contributed by atoms with Crippen molar-refractivity contribution in [3.8, 4) is 0 Å². The molecule has 4 rings (SSSR count). The van der Waals surface area contributed by atoms with Crippen molar-refractivity contribution < 1.29 is 24.9 Å². The summed E-state index contributed by atoms with van der Waals surface area (Å²) >= 11 is 0. The predicted molar refractivity (Wildman–Crippen MR) is 90.7 cm³/mol. The second kappa shape index (κ2) is 4.74. The van der Waals surface area contributed by atoms with Gasteiger partial charge in [-0.25, -0.2) is 0 Å². The number of aliphatic carboxylic acids is 1. The van der Waals surface area contributed by atoms with Crippen LogP contribution in [0.2, 0.25) is 0 Å². The van der Waals surface area contributed by atoms with Gasteiger partial charge >= 0.3 is 5.97 Å². The summed E-state index contributed by atoms with van der Waals surface area (Å²) in [4.78, 5) is 25.2. The Hall–Kier alpha value is -1.20. The van der Waals surface area contributed by atoms with Crippen molar-refractivity contribution >= 4 is 11.8 Å². The van der Waals surface area contributed by atoms with E-state index in [9.17, 15) is 24.9 Å². The van der Waals surface area contributed by atoms with Crippen LogP contribution in [0.4, 0.5) is 0 Å². The van der Waals surface area contributed by atoms with Gasteiger partial charge in [0.05, 0.1) is 22.5 Å². The zero-order chi connectivity index (χ0) is 18.4. The molecule has 1 spiro atoms. The number of carbonyl (C=O) groups excluding carboxylic acids is 1. The van der Waals surface area contributed by atoms with E-state index in [-0.39, 0.29) is 18.1 Å². The minimum absolute atomic E-state index is 0.0922. The highest BCUT2D eigenvalue weighted by Crippen LogP contribution is 2.72. The minimum atomic E-state index is -1.27. The fourth-order valence-electron chi connectivity index (χ4n) is 7.43. The number of carboxylic acid groups (broad SMARTS) is 1. The van der Waals surface area contributed by atoms with Crippen LogP contribution in [0.5, 0.6) is 0 Å². The maximum absolute atomic E-state index is 13.1. The molecule has 7 atom stereocenters. The van der Waals surface area contributed by atoms with E-state index < -0.39 is 39.8 Å². The number of rotatable bonds is 1. The van der Waals surface area contributed by atoms with Gasteiger partial charge in [-0.15, -0.1) is 0 Å². The monoisotopic (exact) mass is 348 g/mol. The second-order valence-corrected chi connectivity index (χ2v) is 9.48. The maximum atomic E-state index is 13.1. The number of hydrogen-bond donors (Lipinski definition) is 3. The Morgan fingerprint density at radius 1 is 1.20 bits per heavy atom. The van der Waals surface area contributed by atoms with Crippen molar-refractivity contribution in [2.24, 2.45) is 28.1 Å². The normalized spacial score (nSPS) is 54.8. The highest BCUT2D eigenvalue weighted by atomic mass is 16.4. The van der Waals surface area contributed by atoms with Gasteiger partial charge in [0, 0.05) is 11.3 Å². The largest absolute Gasteiger partial charge is 0.481 e. The highest BCUT2D eigenvalue weighted by molar-refractivity contribution is 6.04. The Balaban J connectivity index is 1.91. The summed E-state index contributed by atoms with van der Waals surface area (Å²) < 4.78 is 0. The van der Waals surface area contributed by atoms with Crippen LogP contribution in [0.1, 0.15) is 58.8 Å². The number of carboxylic acids is 1. The van der Waals surface area contributed by atoms with Crippen LogP contribution in [0.3, 0.4) is 0 Å². The van der Waals surface area contributed by atoms with E-state index in [0.717, 1.165) is 0 Å². The topological polar surface area (TPSA) is 94.8 Å². The summed E-state index contributed by atoms with van der Waals surface area (Å²) in [6.45, 7) is 7.58. The highest BCUT2D eigenvalue weighted by Gasteiger charge is 2.77. The first-order chi connectivity index (χ1) is 11.5. The fourth-order valence-corrected chi connectivity index (χ4v) is 7.43. The lowest BCUT2D eigenvalue weighted by molar-refractivity contribution is -0.280. The lowest BCUT2D eigenvalue weighted by atomic mass is 9.38. The molecule has 4 saturated carbocycles. The van der Waals surface area contributed by atoms with Crippen LogP contribution < -0.4 is 0 Å². The first kappa shape index (κ1) is 17.2. The molecule has 0 aliphatic heterocycles. The summed E-state index contributed by atoms with van der Waals surface area (Å²) in [6.07, 6.45) is 2.81. The molecule has 0 amide bonds. The van der Waals surface area contributed by atoms with Crippen LogP contribution in [-0.4, -0.2) is 38.8 Å². The SMILES string of the molecule is C=C1C(=O)[C@]23CC1CC[C@@]2(O)[C@]1(C)CCC[C@@](C)(C(=O)O)[C@H]1[C@H](O)C3. The fraction of sp³-hybridized carbons (Fsp3) is 0.800. The summed E-state index contributed by atoms with van der Waals surface area (Å²) in [6, 6.07) is 0. The van der Waals surface area contributed by atoms with Gasteiger partial charge in [-0.05, 0) is 56.9 Å². The molecule has 4 aliphatic carbocycles. The van der Waals surface area contributed by atoms with Gasteiger partial charge in [-0.1, -0.05) is 19.9 Å².